The van der Waals surface area contributed by atoms with Gasteiger partial charge in [0.1, 0.15) is 5.75 Å². The fraction of sp³-hybridized carbons (Fsp3) is 0.308. The first kappa shape index (κ1) is 20.9. The van der Waals surface area contributed by atoms with Crippen LogP contribution in [-0.2, 0) is 14.3 Å². The van der Waals surface area contributed by atoms with Crippen LogP contribution in [0.3, 0.4) is 0 Å². The van der Waals surface area contributed by atoms with E-state index >= 15 is 0 Å². The summed E-state index contributed by atoms with van der Waals surface area (Å²) in [5, 5.41) is 13.1. The van der Waals surface area contributed by atoms with E-state index in [0.29, 0.717) is 29.7 Å². The van der Waals surface area contributed by atoms with Crippen molar-refractivity contribution < 1.29 is 19.4 Å². The molecule has 0 fully saturated rings. The Morgan fingerprint density at radius 3 is 2.35 bits per heavy atom. The molecule has 0 saturated heterocycles. The Balaban J connectivity index is 1.79. The largest absolute Gasteiger partial charge is 0.508 e. The molecular weight excluding hydrogens is 390 g/mol. The standard InChI is InChI=1S/C26H27NO4/c1-15(2)31-26(30)23-16(3)27-21-13-19(17-7-5-4-6-8-17)14-22(29)25(21)24(23)18-9-11-20(28)12-10-18/h4-12,15,19,24,27-28H,13-14H2,1-3H3/t19-,24-/m1/s1. The Morgan fingerprint density at radius 1 is 1.03 bits per heavy atom. The minimum Gasteiger partial charge on any atom is -0.508 e. The summed E-state index contributed by atoms with van der Waals surface area (Å²) >= 11 is 0. The second-order valence-electron chi connectivity index (χ2n) is 8.47. The Labute approximate surface area is 182 Å². The molecule has 2 atom stereocenters. The molecule has 0 amide bonds. The number of ketones is 1. The SMILES string of the molecule is CC1=C(C(=O)OC(C)C)[C@@H](c2ccc(O)cc2)C2=C(C[C@@H](c3ccccc3)CC2=O)N1. The van der Waals surface area contributed by atoms with Crippen molar-refractivity contribution in [3.8, 4) is 5.75 Å². The van der Waals surface area contributed by atoms with Crippen molar-refractivity contribution in [3.05, 3.63) is 88.3 Å². The second kappa shape index (κ2) is 8.42. The lowest BCUT2D eigenvalue weighted by Crippen LogP contribution is -2.36. The summed E-state index contributed by atoms with van der Waals surface area (Å²) in [6.45, 7) is 5.46. The summed E-state index contributed by atoms with van der Waals surface area (Å²) in [5.41, 5.74) is 4.56. The Hall–Kier alpha value is -3.34. The number of phenols is 1. The topological polar surface area (TPSA) is 75.6 Å². The van der Waals surface area contributed by atoms with Gasteiger partial charge in [0.25, 0.3) is 0 Å². The molecule has 0 saturated carbocycles. The van der Waals surface area contributed by atoms with E-state index in [-0.39, 0.29) is 23.6 Å². The Morgan fingerprint density at radius 2 is 1.71 bits per heavy atom. The van der Waals surface area contributed by atoms with Crippen molar-refractivity contribution in [2.75, 3.05) is 0 Å². The maximum Gasteiger partial charge on any atom is 0.337 e. The van der Waals surface area contributed by atoms with E-state index in [4.69, 9.17) is 4.74 Å². The van der Waals surface area contributed by atoms with Crippen LogP contribution in [0.1, 0.15) is 56.6 Å². The van der Waals surface area contributed by atoms with E-state index in [1.54, 1.807) is 38.1 Å². The van der Waals surface area contributed by atoms with Crippen LogP contribution in [0.25, 0.3) is 0 Å². The van der Waals surface area contributed by atoms with Crippen molar-refractivity contribution in [2.24, 2.45) is 0 Å². The number of ether oxygens (including phenoxy) is 1. The number of allylic oxidation sites excluding steroid dienone is 3. The molecule has 0 unspecified atom stereocenters. The van der Waals surface area contributed by atoms with Gasteiger partial charge in [-0.25, -0.2) is 4.79 Å². The molecular formula is C26H27NO4. The molecule has 160 valence electrons. The number of carbonyl (C=O) groups is 2. The zero-order valence-electron chi connectivity index (χ0n) is 18.0. The zero-order valence-corrected chi connectivity index (χ0v) is 18.0. The first-order valence-electron chi connectivity index (χ1n) is 10.6. The molecule has 5 nitrogen and oxygen atoms in total. The van der Waals surface area contributed by atoms with Gasteiger partial charge in [-0.3, -0.25) is 4.79 Å². The van der Waals surface area contributed by atoms with Crippen molar-refractivity contribution in [3.63, 3.8) is 0 Å². The summed E-state index contributed by atoms with van der Waals surface area (Å²) in [6.07, 6.45) is 0.821. The second-order valence-corrected chi connectivity index (χ2v) is 8.47. The average molecular weight is 418 g/mol. The number of dihydropyridines is 1. The van der Waals surface area contributed by atoms with Crippen molar-refractivity contribution in [1.29, 1.82) is 0 Å². The molecule has 5 heteroatoms. The Bertz CT molecular complexity index is 1060. The summed E-state index contributed by atoms with van der Waals surface area (Å²) in [4.78, 5) is 26.5. The van der Waals surface area contributed by atoms with Gasteiger partial charge < -0.3 is 15.2 Å². The molecule has 1 heterocycles. The first-order chi connectivity index (χ1) is 14.8. The van der Waals surface area contributed by atoms with Gasteiger partial charge in [0.2, 0.25) is 0 Å². The fourth-order valence-electron chi connectivity index (χ4n) is 4.55. The lowest BCUT2D eigenvalue weighted by molar-refractivity contribution is -0.143. The number of esters is 1. The number of hydrogen-bond donors (Lipinski definition) is 2. The van der Waals surface area contributed by atoms with E-state index in [0.717, 1.165) is 16.8 Å². The molecule has 0 radical (unpaired) electrons. The number of nitrogens with one attached hydrogen (secondary N) is 1. The van der Waals surface area contributed by atoms with Crippen molar-refractivity contribution >= 4 is 11.8 Å². The van der Waals surface area contributed by atoms with Crippen LogP contribution in [0.2, 0.25) is 0 Å². The lowest BCUT2D eigenvalue weighted by Gasteiger charge is -2.37. The molecule has 2 aromatic rings. The van der Waals surface area contributed by atoms with Gasteiger partial charge in [-0.1, -0.05) is 42.5 Å². The fourth-order valence-corrected chi connectivity index (χ4v) is 4.55. The van der Waals surface area contributed by atoms with Gasteiger partial charge in [-0.05, 0) is 56.4 Å². The number of Topliss-reactive ketones (excluding diaryl/α,β-unsaturated/α-hetero) is 1. The van der Waals surface area contributed by atoms with Gasteiger partial charge in [-0.15, -0.1) is 0 Å². The maximum absolute atomic E-state index is 13.4. The highest BCUT2D eigenvalue weighted by Crippen LogP contribution is 2.45. The highest BCUT2D eigenvalue weighted by molar-refractivity contribution is 6.04. The van der Waals surface area contributed by atoms with E-state index < -0.39 is 11.9 Å². The minimum absolute atomic E-state index is 0.0306. The van der Waals surface area contributed by atoms with Crippen LogP contribution in [-0.4, -0.2) is 23.0 Å². The molecule has 4 rings (SSSR count). The maximum atomic E-state index is 13.4. The molecule has 31 heavy (non-hydrogen) atoms. The quantitative estimate of drug-likeness (QED) is 0.705. The molecule has 2 N–H and O–H groups in total. The summed E-state index contributed by atoms with van der Waals surface area (Å²) in [6, 6.07) is 16.8. The molecule has 0 spiro atoms. The first-order valence-corrected chi connectivity index (χ1v) is 10.6. The van der Waals surface area contributed by atoms with Gasteiger partial charge in [0.15, 0.2) is 5.78 Å². The normalized spacial score (nSPS) is 21.1. The number of rotatable bonds is 4. The molecule has 2 aromatic carbocycles. The number of benzene rings is 2. The number of hydrogen-bond acceptors (Lipinski definition) is 5. The van der Waals surface area contributed by atoms with Crippen molar-refractivity contribution in [1.82, 2.24) is 5.32 Å². The Kier molecular flexibility index (Phi) is 5.68. The lowest BCUT2D eigenvalue weighted by atomic mass is 9.71. The number of carbonyl (C=O) groups excluding carboxylic acids is 2. The van der Waals surface area contributed by atoms with Gasteiger partial charge in [0.05, 0.1) is 11.7 Å². The van der Waals surface area contributed by atoms with Crippen molar-refractivity contribution in [2.45, 2.75) is 51.6 Å². The summed E-state index contributed by atoms with van der Waals surface area (Å²) in [5.74, 6) is -0.687. The molecule has 0 bridgehead atoms. The number of aromatic hydroxyl groups is 1. The van der Waals surface area contributed by atoms with E-state index in [1.807, 2.05) is 25.1 Å². The monoisotopic (exact) mass is 417 g/mol. The molecule has 0 aromatic heterocycles. The highest BCUT2D eigenvalue weighted by Gasteiger charge is 2.41. The highest BCUT2D eigenvalue weighted by atomic mass is 16.5. The number of phenolic OH excluding ortho intramolecular Hbond substituents is 1. The average Bonchev–Trinajstić information content (AvgIpc) is 2.73. The third-order valence-electron chi connectivity index (χ3n) is 5.89. The van der Waals surface area contributed by atoms with Gasteiger partial charge in [-0.2, -0.15) is 0 Å². The van der Waals surface area contributed by atoms with Crippen LogP contribution in [0.5, 0.6) is 5.75 Å². The zero-order chi connectivity index (χ0) is 22.1. The molecule has 1 aliphatic carbocycles. The van der Waals surface area contributed by atoms with Gasteiger partial charge in [0, 0.05) is 29.3 Å². The van der Waals surface area contributed by atoms with Crippen LogP contribution < -0.4 is 5.32 Å². The molecule has 2 aliphatic rings. The van der Waals surface area contributed by atoms with Crippen LogP contribution in [0.15, 0.2) is 77.1 Å². The minimum atomic E-state index is -0.521. The predicted octanol–water partition coefficient (Wildman–Crippen LogP) is 4.71. The van der Waals surface area contributed by atoms with E-state index in [2.05, 4.69) is 17.4 Å². The predicted molar refractivity (Wildman–Crippen MR) is 118 cm³/mol. The summed E-state index contributed by atoms with van der Waals surface area (Å²) in [7, 11) is 0. The smallest absolute Gasteiger partial charge is 0.337 e. The van der Waals surface area contributed by atoms with Crippen LogP contribution in [0, 0.1) is 0 Å². The molecule has 1 aliphatic heterocycles. The van der Waals surface area contributed by atoms with Gasteiger partial charge >= 0.3 is 5.97 Å². The summed E-state index contributed by atoms with van der Waals surface area (Å²) < 4.78 is 5.52. The van der Waals surface area contributed by atoms with Crippen LogP contribution in [0.4, 0.5) is 0 Å². The van der Waals surface area contributed by atoms with Crippen LogP contribution >= 0.6 is 0 Å². The van der Waals surface area contributed by atoms with E-state index in [9.17, 15) is 14.7 Å². The third-order valence-corrected chi connectivity index (χ3v) is 5.89. The van der Waals surface area contributed by atoms with E-state index in [1.165, 1.54) is 0 Å². The third kappa shape index (κ3) is 4.13.